The molecule has 0 radical (unpaired) electrons. The Morgan fingerprint density at radius 1 is 1.45 bits per heavy atom. The van der Waals surface area contributed by atoms with Crippen LogP contribution in [-0.4, -0.2) is 39.6 Å². The fraction of sp³-hybridized carbons (Fsp3) is 0.643. The van der Waals surface area contributed by atoms with E-state index in [0.717, 1.165) is 4.88 Å². The van der Waals surface area contributed by atoms with E-state index >= 15 is 0 Å². The van der Waals surface area contributed by atoms with Crippen molar-refractivity contribution in [3.63, 3.8) is 0 Å². The minimum atomic E-state index is -0.883. The molecule has 1 aromatic heterocycles. The van der Waals surface area contributed by atoms with Crippen molar-refractivity contribution in [2.75, 3.05) is 18.6 Å². The first-order valence-corrected chi connectivity index (χ1v) is 9.37. The van der Waals surface area contributed by atoms with Crippen LogP contribution in [0, 0.1) is 12.8 Å². The Hall–Kier alpha value is -0.720. The van der Waals surface area contributed by atoms with Crippen molar-refractivity contribution < 1.29 is 9.00 Å². The molecule has 0 saturated carbocycles. The van der Waals surface area contributed by atoms with Crippen LogP contribution in [0.25, 0.3) is 0 Å². The molecule has 6 heteroatoms. The molecule has 2 rings (SSSR count). The topological polar surface area (TPSA) is 49.4 Å². The molecule has 2 heterocycles. The van der Waals surface area contributed by atoms with Crippen molar-refractivity contribution in [1.29, 1.82) is 0 Å². The lowest BCUT2D eigenvalue weighted by Crippen LogP contribution is -2.36. The van der Waals surface area contributed by atoms with E-state index in [1.54, 1.807) is 17.6 Å². The first-order chi connectivity index (χ1) is 9.40. The van der Waals surface area contributed by atoms with E-state index in [2.05, 4.69) is 24.4 Å². The Morgan fingerprint density at radius 3 is 2.65 bits per heavy atom. The van der Waals surface area contributed by atoms with Crippen LogP contribution in [0.1, 0.15) is 29.8 Å². The largest absolute Gasteiger partial charge is 0.320 e. The standard InChI is InChI=1S/C14H22N2O2S2/c1-9(2)12-14(17)16(7-8-20(4)18)13(15-12)11-6-5-10(3)19-11/h5-6,9,12-13,15H,7-8H2,1-4H3. The number of nitrogens with one attached hydrogen (secondary N) is 1. The number of amides is 1. The molecule has 0 aliphatic carbocycles. The van der Waals surface area contributed by atoms with Crippen LogP contribution in [-0.2, 0) is 15.6 Å². The van der Waals surface area contributed by atoms with E-state index in [4.69, 9.17) is 0 Å². The molecule has 1 aliphatic heterocycles. The maximum atomic E-state index is 12.5. The van der Waals surface area contributed by atoms with Gasteiger partial charge in [0.05, 0.1) is 6.04 Å². The minimum Gasteiger partial charge on any atom is -0.320 e. The lowest BCUT2D eigenvalue weighted by atomic mass is 10.1. The van der Waals surface area contributed by atoms with Crippen LogP contribution in [0.15, 0.2) is 12.1 Å². The van der Waals surface area contributed by atoms with Gasteiger partial charge in [-0.25, -0.2) is 0 Å². The maximum absolute atomic E-state index is 12.5. The molecular weight excluding hydrogens is 292 g/mol. The molecule has 0 spiro atoms. The van der Waals surface area contributed by atoms with Crippen molar-refractivity contribution in [1.82, 2.24) is 10.2 Å². The number of nitrogens with zero attached hydrogens (tertiary/aromatic N) is 1. The first-order valence-electron chi connectivity index (χ1n) is 6.83. The highest BCUT2D eigenvalue weighted by Crippen LogP contribution is 2.31. The summed E-state index contributed by atoms with van der Waals surface area (Å²) in [7, 11) is -0.883. The monoisotopic (exact) mass is 314 g/mol. The molecule has 20 heavy (non-hydrogen) atoms. The van der Waals surface area contributed by atoms with Crippen LogP contribution < -0.4 is 5.32 Å². The average Bonchev–Trinajstić information content (AvgIpc) is 2.90. The van der Waals surface area contributed by atoms with Gasteiger partial charge in [-0.05, 0) is 25.0 Å². The number of carbonyl (C=O) groups excluding carboxylic acids is 1. The van der Waals surface area contributed by atoms with Crippen LogP contribution in [0.4, 0.5) is 0 Å². The van der Waals surface area contributed by atoms with Gasteiger partial charge in [0.15, 0.2) is 0 Å². The SMILES string of the molecule is Cc1ccc(C2NC(C(C)C)C(=O)N2CCS(C)=O)s1. The van der Waals surface area contributed by atoms with Crippen LogP contribution >= 0.6 is 11.3 Å². The second kappa shape index (κ2) is 6.37. The van der Waals surface area contributed by atoms with Crippen molar-refractivity contribution in [2.24, 2.45) is 5.92 Å². The van der Waals surface area contributed by atoms with Crippen LogP contribution in [0.2, 0.25) is 0 Å². The van der Waals surface area contributed by atoms with Gasteiger partial charge in [-0.2, -0.15) is 0 Å². The quantitative estimate of drug-likeness (QED) is 0.903. The lowest BCUT2D eigenvalue weighted by Gasteiger charge is -2.22. The van der Waals surface area contributed by atoms with Gasteiger partial charge >= 0.3 is 0 Å². The molecule has 112 valence electrons. The summed E-state index contributed by atoms with van der Waals surface area (Å²) in [6.45, 7) is 6.71. The number of carbonyl (C=O) groups is 1. The molecule has 1 amide bonds. The predicted molar refractivity (Wildman–Crippen MR) is 84.2 cm³/mol. The highest BCUT2D eigenvalue weighted by Gasteiger charge is 2.41. The molecule has 1 aliphatic rings. The minimum absolute atomic E-state index is 0.0721. The molecule has 1 aromatic rings. The smallest absolute Gasteiger partial charge is 0.241 e. The zero-order chi connectivity index (χ0) is 14.9. The fourth-order valence-electron chi connectivity index (χ4n) is 2.42. The van der Waals surface area contributed by atoms with E-state index in [-0.39, 0.29) is 24.0 Å². The summed E-state index contributed by atoms with van der Waals surface area (Å²) in [5, 5.41) is 3.43. The zero-order valence-corrected chi connectivity index (χ0v) is 14.0. The number of hydrogen-bond donors (Lipinski definition) is 1. The molecule has 4 nitrogen and oxygen atoms in total. The van der Waals surface area contributed by atoms with Gasteiger partial charge in [0, 0.05) is 39.1 Å². The molecule has 1 fully saturated rings. The lowest BCUT2D eigenvalue weighted by molar-refractivity contribution is -0.130. The summed E-state index contributed by atoms with van der Waals surface area (Å²) in [6.07, 6.45) is 1.61. The normalized spacial score (nSPS) is 24.6. The summed E-state index contributed by atoms with van der Waals surface area (Å²) in [6, 6.07) is 4.00. The van der Waals surface area contributed by atoms with Gasteiger partial charge in [-0.1, -0.05) is 13.8 Å². The van der Waals surface area contributed by atoms with E-state index in [1.807, 2.05) is 18.7 Å². The molecule has 3 unspecified atom stereocenters. The number of hydrogen-bond acceptors (Lipinski definition) is 4. The number of thiophene rings is 1. The third-order valence-corrected chi connectivity index (χ3v) is 5.33. The van der Waals surface area contributed by atoms with Crippen molar-refractivity contribution >= 4 is 28.0 Å². The Morgan fingerprint density at radius 2 is 2.15 bits per heavy atom. The molecule has 1 N–H and O–H groups in total. The third-order valence-electron chi connectivity index (χ3n) is 3.52. The number of rotatable bonds is 5. The fourth-order valence-corrected chi connectivity index (χ4v) is 3.82. The van der Waals surface area contributed by atoms with Crippen LogP contribution in [0.5, 0.6) is 0 Å². The van der Waals surface area contributed by atoms with E-state index in [9.17, 15) is 9.00 Å². The highest BCUT2D eigenvalue weighted by molar-refractivity contribution is 7.84. The van der Waals surface area contributed by atoms with E-state index in [1.165, 1.54) is 4.88 Å². The van der Waals surface area contributed by atoms with Gasteiger partial charge in [0.2, 0.25) is 5.91 Å². The highest BCUT2D eigenvalue weighted by atomic mass is 32.2. The average molecular weight is 314 g/mol. The molecule has 0 aromatic carbocycles. The van der Waals surface area contributed by atoms with Crippen molar-refractivity contribution in [3.8, 4) is 0 Å². The maximum Gasteiger partial charge on any atom is 0.241 e. The first kappa shape index (κ1) is 15.7. The molecule has 0 bridgehead atoms. The van der Waals surface area contributed by atoms with Crippen molar-refractivity contribution in [2.45, 2.75) is 33.0 Å². The molecule has 3 atom stereocenters. The number of aryl methyl sites for hydroxylation is 1. The van der Waals surface area contributed by atoms with Gasteiger partial charge in [-0.15, -0.1) is 11.3 Å². The third kappa shape index (κ3) is 3.30. The van der Waals surface area contributed by atoms with Gasteiger partial charge < -0.3 is 4.90 Å². The van der Waals surface area contributed by atoms with Crippen molar-refractivity contribution in [3.05, 3.63) is 21.9 Å². The second-order valence-corrected chi connectivity index (χ2v) is 8.42. The zero-order valence-electron chi connectivity index (χ0n) is 12.4. The predicted octanol–water partition coefficient (Wildman–Crippen LogP) is 1.89. The summed E-state index contributed by atoms with van der Waals surface area (Å²) in [5.74, 6) is 0.906. The summed E-state index contributed by atoms with van der Waals surface area (Å²) < 4.78 is 11.3. The Bertz CT molecular complexity index is 513. The summed E-state index contributed by atoms with van der Waals surface area (Å²) in [5.41, 5.74) is 0. The molecular formula is C14H22N2O2S2. The Balaban J connectivity index is 2.22. The molecule has 1 saturated heterocycles. The van der Waals surface area contributed by atoms with Crippen LogP contribution in [0.3, 0.4) is 0 Å². The van der Waals surface area contributed by atoms with Gasteiger partial charge in [0.1, 0.15) is 6.17 Å². The van der Waals surface area contributed by atoms with Gasteiger partial charge in [0.25, 0.3) is 0 Å². The Labute approximate surface area is 127 Å². The van der Waals surface area contributed by atoms with E-state index < -0.39 is 10.8 Å². The Kier molecular flexibility index (Phi) is 4.99. The second-order valence-electron chi connectivity index (χ2n) is 5.55. The van der Waals surface area contributed by atoms with Gasteiger partial charge in [-0.3, -0.25) is 14.3 Å². The van der Waals surface area contributed by atoms with E-state index in [0.29, 0.717) is 12.3 Å². The summed E-state index contributed by atoms with van der Waals surface area (Å²) in [4.78, 5) is 16.8. The summed E-state index contributed by atoms with van der Waals surface area (Å²) >= 11 is 1.71.